The van der Waals surface area contributed by atoms with Crippen molar-refractivity contribution in [3.05, 3.63) is 59.1 Å². The minimum atomic E-state index is -0.0106. The minimum Gasteiger partial charge on any atom is -0.355 e. The number of hydrogen-bond acceptors (Lipinski definition) is 4. The summed E-state index contributed by atoms with van der Waals surface area (Å²) in [7, 11) is 0. The number of nitrogens with zero attached hydrogens (tertiary/aromatic N) is 3. The Morgan fingerprint density at radius 2 is 1.73 bits per heavy atom. The topological polar surface area (TPSA) is 59.8 Å². The second kappa shape index (κ2) is 9.67. The third kappa shape index (κ3) is 5.43. The third-order valence-electron chi connectivity index (χ3n) is 4.63. The molecule has 0 unspecified atom stereocenters. The molecule has 0 fully saturated rings. The van der Waals surface area contributed by atoms with Crippen LogP contribution in [-0.4, -0.2) is 33.0 Å². The van der Waals surface area contributed by atoms with E-state index < -0.39 is 0 Å². The molecule has 0 spiro atoms. The van der Waals surface area contributed by atoms with Gasteiger partial charge in [-0.25, -0.2) is 0 Å². The number of hydrogen-bond donors (Lipinski definition) is 1. The van der Waals surface area contributed by atoms with Crippen molar-refractivity contribution in [2.45, 2.75) is 44.7 Å². The van der Waals surface area contributed by atoms with E-state index in [4.69, 9.17) is 11.6 Å². The van der Waals surface area contributed by atoms with E-state index in [9.17, 15) is 4.79 Å². The van der Waals surface area contributed by atoms with Gasteiger partial charge in [-0.05, 0) is 41.7 Å². The molecule has 3 aromatic rings. The SMILES string of the molecule is CCCNC(=O)CSc1nnc(-c2ccc(C(C)(C)C)cc2)n1-c1ccc(Cl)cc1. The molecule has 0 aliphatic rings. The van der Waals surface area contributed by atoms with Crippen molar-refractivity contribution in [2.75, 3.05) is 12.3 Å². The van der Waals surface area contributed by atoms with Gasteiger partial charge in [0.1, 0.15) is 0 Å². The van der Waals surface area contributed by atoms with Crippen molar-refractivity contribution in [3.8, 4) is 17.1 Å². The van der Waals surface area contributed by atoms with Crippen molar-refractivity contribution >= 4 is 29.3 Å². The average molecular weight is 443 g/mol. The van der Waals surface area contributed by atoms with Gasteiger partial charge in [0.15, 0.2) is 11.0 Å². The molecule has 0 bridgehead atoms. The quantitative estimate of drug-likeness (QED) is 0.490. The van der Waals surface area contributed by atoms with E-state index >= 15 is 0 Å². The predicted octanol–water partition coefficient (Wildman–Crippen LogP) is 5.50. The fourth-order valence-corrected chi connectivity index (χ4v) is 3.85. The second-order valence-electron chi connectivity index (χ2n) is 8.08. The molecule has 158 valence electrons. The fraction of sp³-hybridized carbons (Fsp3) is 0.348. The van der Waals surface area contributed by atoms with Crippen LogP contribution < -0.4 is 5.32 Å². The highest BCUT2D eigenvalue weighted by molar-refractivity contribution is 7.99. The molecule has 0 saturated heterocycles. The Balaban J connectivity index is 1.96. The summed E-state index contributed by atoms with van der Waals surface area (Å²) in [5, 5.41) is 13.0. The van der Waals surface area contributed by atoms with Gasteiger partial charge in [0.05, 0.1) is 5.75 Å². The summed E-state index contributed by atoms with van der Waals surface area (Å²) in [6.45, 7) is 9.28. The number of carbonyl (C=O) groups excluding carboxylic acids is 1. The molecule has 0 aliphatic carbocycles. The van der Waals surface area contributed by atoms with E-state index in [1.54, 1.807) is 0 Å². The van der Waals surface area contributed by atoms with Crippen LogP contribution in [0, 0.1) is 0 Å². The lowest BCUT2D eigenvalue weighted by Gasteiger charge is -2.19. The molecule has 0 atom stereocenters. The molecule has 30 heavy (non-hydrogen) atoms. The van der Waals surface area contributed by atoms with Crippen LogP contribution in [0.4, 0.5) is 0 Å². The number of carbonyl (C=O) groups is 1. The van der Waals surface area contributed by atoms with E-state index in [-0.39, 0.29) is 17.1 Å². The van der Waals surface area contributed by atoms with Crippen LogP contribution in [0.25, 0.3) is 17.1 Å². The largest absolute Gasteiger partial charge is 0.355 e. The standard InChI is InChI=1S/C23H27ClN4OS/c1-5-14-25-20(29)15-30-22-27-26-21(28(22)19-12-10-18(24)11-13-19)16-6-8-17(9-7-16)23(2,3)4/h6-13H,5,14-15H2,1-4H3,(H,25,29). The minimum absolute atomic E-state index is 0.0106. The summed E-state index contributed by atoms with van der Waals surface area (Å²) >= 11 is 7.45. The number of benzene rings is 2. The summed E-state index contributed by atoms with van der Waals surface area (Å²) in [5.41, 5.74) is 3.20. The normalized spacial score (nSPS) is 11.5. The van der Waals surface area contributed by atoms with Crippen molar-refractivity contribution in [2.24, 2.45) is 0 Å². The Kier molecular flexibility index (Phi) is 7.21. The van der Waals surface area contributed by atoms with Gasteiger partial charge in [0.2, 0.25) is 5.91 Å². The van der Waals surface area contributed by atoms with Gasteiger partial charge in [0.25, 0.3) is 0 Å². The second-order valence-corrected chi connectivity index (χ2v) is 9.46. The maximum Gasteiger partial charge on any atom is 0.230 e. The summed E-state index contributed by atoms with van der Waals surface area (Å²) in [6.07, 6.45) is 0.909. The molecule has 3 rings (SSSR count). The Morgan fingerprint density at radius 1 is 1.07 bits per heavy atom. The Hall–Kier alpha value is -2.31. The summed E-state index contributed by atoms with van der Waals surface area (Å²) in [5.74, 6) is 1.01. The van der Waals surface area contributed by atoms with Gasteiger partial charge in [-0.1, -0.05) is 75.3 Å². The Bertz CT molecular complexity index is 992. The van der Waals surface area contributed by atoms with E-state index in [2.05, 4.69) is 60.6 Å². The maximum atomic E-state index is 12.1. The summed E-state index contributed by atoms with van der Waals surface area (Å²) in [4.78, 5) is 12.1. The summed E-state index contributed by atoms with van der Waals surface area (Å²) in [6, 6.07) is 15.9. The lowest BCUT2D eigenvalue weighted by Crippen LogP contribution is -2.25. The molecule has 1 amide bonds. The lowest BCUT2D eigenvalue weighted by molar-refractivity contribution is -0.118. The molecule has 1 aromatic heterocycles. The van der Waals surface area contributed by atoms with Crippen LogP contribution in [0.3, 0.4) is 0 Å². The van der Waals surface area contributed by atoms with Gasteiger partial charge < -0.3 is 5.32 Å². The van der Waals surface area contributed by atoms with E-state index in [0.717, 1.165) is 23.5 Å². The van der Waals surface area contributed by atoms with Crippen LogP contribution in [0.5, 0.6) is 0 Å². The summed E-state index contributed by atoms with van der Waals surface area (Å²) < 4.78 is 1.97. The van der Waals surface area contributed by atoms with E-state index in [0.29, 0.717) is 16.7 Å². The van der Waals surface area contributed by atoms with Crippen LogP contribution in [-0.2, 0) is 10.2 Å². The molecule has 0 radical (unpaired) electrons. The van der Waals surface area contributed by atoms with Crippen molar-refractivity contribution in [1.82, 2.24) is 20.1 Å². The van der Waals surface area contributed by atoms with Gasteiger partial charge in [0, 0.05) is 22.8 Å². The molecular formula is C23H27ClN4OS. The first-order chi connectivity index (χ1) is 14.3. The zero-order valence-electron chi connectivity index (χ0n) is 17.8. The first-order valence-corrected chi connectivity index (χ1v) is 11.4. The molecule has 0 saturated carbocycles. The first kappa shape index (κ1) is 22.4. The number of halogens is 1. The van der Waals surface area contributed by atoms with Gasteiger partial charge in [-0.15, -0.1) is 10.2 Å². The highest BCUT2D eigenvalue weighted by Crippen LogP contribution is 2.30. The monoisotopic (exact) mass is 442 g/mol. The van der Waals surface area contributed by atoms with Crippen LogP contribution in [0.15, 0.2) is 53.7 Å². The molecule has 7 heteroatoms. The smallest absolute Gasteiger partial charge is 0.230 e. The molecule has 1 N–H and O–H groups in total. The highest BCUT2D eigenvalue weighted by atomic mass is 35.5. The van der Waals surface area contributed by atoms with E-state index in [1.165, 1.54) is 17.3 Å². The fourth-order valence-electron chi connectivity index (χ4n) is 2.94. The molecule has 2 aromatic carbocycles. The van der Waals surface area contributed by atoms with Crippen LogP contribution in [0.1, 0.15) is 39.7 Å². The predicted molar refractivity (Wildman–Crippen MR) is 125 cm³/mol. The molecule has 1 heterocycles. The Morgan fingerprint density at radius 3 is 2.33 bits per heavy atom. The van der Waals surface area contributed by atoms with Crippen LogP contribution in [0.2, 0.25) is 5.02 Å². The van der Waals surface area contributed by atoms with Gasteiger partial charge in [-0.3, -0.25) is 9.36 Å². The molecule has 0 aliphatic heterocycles. The maximum absolute atomic E-state index is 12.1. The van der Waals surface area contributed by atoms with Crippen molar-refractivity contribution in [1.29, 1.82) is 0 Å². The van der Waals surface area contributed by atoms with Crippen molar-refractivity contribution < 1.29 is 4.79 Å². The number of thioether (sulfide) groups is 1. The average Bonchev–Trinajstić information content (AvgIpc) is 3.14. The third-order valence-corrected chi connectivity index (χ3v) is 5.81. The Labute approximate surface area is 187 Å². The highest BCUT2D eigenvalue weighted by Gasteiger charge is 2.19. The molecule has 5 nitrogen and oxygen atoms in total. The lowest BCUT2D eigenvalue weighted by atomic mass is 9.87. The zero-order chi connectivity index (χ0) is 21.7. The van der Waals surface area contributed by atoms with E-state index in [1.807, 2.05) is 35.8 Å². The number of rotatable bonds is 7. The molecular weight excluding hydrogens is 416 g/mol. The zero-order valence-corrected chi connectivity index (χ0v) is 19.3. The number of nitrogens with one attached hydrogen (secondary N) is 1. The number of amides is 1. The van der Waals surface area contributed by atoms with Crippen LogP contribution >= 0.6 is 23.4 Å². The van der Waals surface area contributed by atoms with Crippen molar-refractivity contribution in [3.63, 3.8) is 0 Å². The van der Waals surface area contributed by atoms with Gasteiger partial charge in [-0.2, -0.15) is 0 Å². The number of aromatic nitrogens is 3. The first-order valence-electron chi connectivity index (χ1n) is 10.0. The van der Waals surface area contributed by atoms with Gasteiger partial charge >= 0.3 is 0 Å².